The molecule has 0 bridgehead atoms. The number of hydrogen-bond acceptors (Lipinski definition) is 5. The lowest BCUT2D eigenvalue weighted by atomic mass is 10.2. The van der Waals surface area contributed by atoms with E-state index in [1.165, 1.54) is 12.3 Å². The van der Waals surface area contributed by atoms with Crippen LogP contribution in [0.3, 0.4) is 0 Å². The fourth-order valence-corrected chi connectivity index (χ4v) is 2.64. The molecule has 2 N–H and O–H groups in total. The minimum Gasteiger partial charge on any atom is -0.392 e. The minimum absolute atomic E-state index is 0.0646. The summed E-state index contributed by atoms with van der Waals surface area (Å²) in [6.45, 7) is -0.0646. The van der Waals surface area contributed by atoms with Crippen molar-refractivity contribution < 1.29 is 13.5 Å². The number of aromatic nitrogens is 2. The molecule has 1 aromatic carbocycles. The number of hydrogen-bond donors (Lipinski definition) is 2. The van der Waals surface area contributed by atoms with E-state index in [0.717, 1.165) is 5.56 Å². The zero-order chi connectivity index (χ0) is 13.7. The third kappa shape index (κ3) is 4.01. The summed E-state index contributed by atoms with van der Waals surface area (Å²) in [5.74, 6) is 0.0319. The van der Waals surface area contributed by atoms with Gasteiger partial charge in [0.1, 0.15) is 0 Å². The predicted molar refractivity (Wildman–Crippen MR) is 70.6 cm³/mol. The molecule has 0 saturated carbocycles. The minimum atomic E-state index is -3.52. The summed E-state index contributed by atoms with van der Waals surface area (Å²) in [6.07, 6.45) is 1.46. The number of aliphatic hydroxyl groups excluding tert-OH is 1. The van der Waals surface area contributed by atoms with Crippen LogP contribution in [0.5, 0.6) is 0 Å². The highest BCUT2D eigenvalue weighted by atomic mass is 32.2. The predicted octanol–water partition coefficient (Wildman–Crippen LogP) is 0.911. The summed E-state index contributed by atoms with van der Waals surface area (Å²) in [5, 5.41) is 16.2. The standard InChI is InChI=1S/C12H13N3O3S/c16-8-10-3-5-11(6-4-10)9-19(17,18)15-12-2-1-7-13-14-12/h1-7,16H,8-9H2,(H,14,15). The Kier molecular flexibility index (Phi) is 4.08. The van der Waals surface area contributed by atoms with Crippen LogP contribution in [-0.4, -0.2) is 23.7 Å². The number of nitrogens with one attached hydrogen (secondary N) is 1. The molecule has 0 aliphatic heterocycles. The molecule has 0 aliphatic rings. The first-order valence-corrected chi connectivity index (χ1v) is 7.21. The fraction of sp³-hybridized carbons (Fsp3) is 0.167. The molecule has 1 heterocycles. The van der Waals surface area contributed by atoms with Gasteiger partial charge in [0.15, 0.2) is 5.82 Å². The van der Waals surface area contributed by atoms with Gasteiger partial charge in [-0.1, -0.05) is 24.3 Å². The van der Waals surface area contributed by atoms with Crippen molar-refractivity contribution in [1.82, 2.24) is 10.2 Å². The molecule has 6 nitrogen and oxygen atoms in total. The molecule has 2 aromatic rings. The Morgan fingerprint density at radius 2 is 1.79 bits per heavy atom. The topological polar surface area (TPSA) is 92.2 Å². The van der Waals surface area contributed by atoms with E-state index >= 15 is 0 Å². The molecule has 0 amide bonds. The molecule has 2 rings (SSSR count). The quantitative estimate of drug-likeness (QED) is 0.848. The molecule has 7 heteroatoms. The van der Waals surface area contributed by atoms with E-state index in [4.69, 9.17) is 5.11 Å². The summed E-state index contributed by atoms with van der Waals surface area (Å²) in [4.78, 5) is 0. The highest BCUT2D eigenvalue weighted by Gasteiger charge is 2.12. The third-order valence-corrected chi connectivity index (χ3v) is 3.63. The van der Waals surface area contributed by atoms with Crippen molar-refractivity contribution in [3.05, 3.63) is 53.7 Å². The molecule has 0 spiro atoms. The maximum absolute atomic E-state index is 11.9. The molecule has 1 aromatic heterocycles. The van der Waals surface area contributed by atoms with Crippen LogP contribution in [0.2, 0.25) is 0 Å². The lowest BCUT2D eigenvalue weighted by Crippen LogP contribution is -2.16. The Morgan fingerprint density at radius 1 is 1.11 bits per heavy atom. The number of aliphatic hydroxyl groups is 1. The average Bonchev–Trinajstić information content (AvgIpc) is 2.39. The second-order valence-corrected chi connectivity index (χ2v) is 5.67. The molecule has 0 radical (unpaired) electrons. The van der Waals surface area contributed by atoms with Crippen molar-refractivity contribution in [1.29, 1.82) is 0 Å². The van der Waals surface area contributed by atoms with Crippen LogP contribution in [0.4, 0.5) is 5.82 Å². The summed E-state index contributed by atoms with van der Waals surface area (Å²) in [6, 6.07) is 9.84. The fourth-order valence-electron chi connectivity index (χ4n) is 1.51. The Labute approximate surface area is 111 Å². The Balaban J connectivity index is 2.08. The van der Waals surface area contributed by atoms with Gasteiger partial charge in [0.05, 0.1) is 12.4 Å². The van der Waals surface area contributed by atoms with Crippen LogP contribution in [0.15, 0.2) is 42.6 Å². The smallest absolute Gasteiger partial charge is 0.238 e. The molecular formula is C12H13N3O3S. The number of rotatable bonds is 5. The van der Waals surface area contributed by atoms with E-state index < -0.39 is 10.0 Å². The molecule has 0 atom stereocenters. The normalized spacial score (nSPS) is 11.2. The summed E-state index contributed by atoms with van der Waals surface area (Å²) in [7, 11) is -3.52. The average molecular weight is 279 g/mol. The van der Waals surface area contributed by atoms with Crippen molar-refractivity contribution in [3.8, 4) is 0 Å². The van der Waals surface area contributed by atoms with Crippen molar-refractivity contribution in [2.24, 2.45) is 0 Å². The van der Waals surface area contributed by atoms with Gasteiger partial charge in [0, 0.05) is 6.20 Å². The monoisotopic (exact) mass is 279 g/mol. The summed E-state index contributed by atoms with van der Waals surface area (Å²) >= 11 is 0. The first kappa shape index (κ1) is 13.4. The lowest BCUT2D eigenvalue weighted by molar-refractivity contribution is 0.282. The molecule has 0 aliphatic carbocycles. The van der Waals surface area contributed by atoms with Crippen molar-refractivity contribution in [3.63, 3.8) is 0 Å². The van der Waals surface area contributed by atoms with Crippen molar-refractivity contribution >= 4 is 15.8 Å². The second kappa shape index (κ2) is 5.77. The number of nitrogens with zero attached hydrogens (tertiary/aromatic N) is 2. The molecule has 100 valence electrons. The third-order valence-electron chi connectivity index (χ3n) is 2.39. The zero-order valence-electron chi connectivity index (χ0n) is 10.0. The van der Waals surface area contributed by atoms with Crippen LogP contribution in [0.1, 0.15) is 11.1 Å². The van der Waals surface area contributed by atoms with Crippen LogP contribution in [-0.2, 0) is 22.4 Å². The SMILES string of the molecule is O=S(=O)(Cc1ccc(CO)cc1)Nc1cccnn1. The highest BCUT2D eigenvalue weighted by Crippen LogP contribution is 2.11. The van der Waals surface area contributed by atoms with E-state index in [9.17, 15) is 8.42 Å². The highest BCUT2D eigenvalue weighted by molar-refractivity contribution is 7.91. The Bertz CT molecular complexity index is 627. The largest absolute Gasteiger partial charge is 0.392 e. The van der Waals surface area contributed by atoms with E-state index in [1.807, 2.05) is 0 Å². The molecule has 0 unspecified atom stereocenters. The second-order valence-electron chi connectivity index (χ2n) is 3.94. The molecular weight excluding hydrogens is 266 g/mol. The van der Waals surface area contributed by atoms with Gasteiger partial charge >= 0.3 is 0 Å². The molecule has 0 saturated heterocycles. The Morgan fingerprint density at radius 3 is 2.37 bits per heavy atom. The van der Waals surface area contributed by atoms with E-state index in [-0.39, 0.29) is 18.2 Å². The van der Waals surface area contributed by atoms with Crippen LogP contribution in [0, 0.1) is 0 Å². The Hall–Kier alpha value is -1.99. The van der Waals surface area contributed by atoms with Crippen molar-refractivity contribution in [2.75, 3.05) is 4.72 Å². The van der Waals surface area contributed by atoms with Gasteiger partial charge in [0.2, 0.25) is 10.0 Å². The lowest BCUT2D eigenvalue weighted by Gasteiger charge is -2.07. The van der Waals surface area contributed by atoms with Gasteiger partial charge in [-0.25, -0.2) is 8.42 Å². The van der Waals surface area contributed by atoms with Gasteiger partial charge < -0.3 is 5.11 Å². The van der Waals surface area contributed by atoms with Crippen LogP contribution < -0.4 is 4.72 Å². The molecule has 19 heavy (non-hydrogen) atoms. The number of sulfonamides is 1. The van der Waals surface area contributed by atoms with Gasteiger partial charge in [-0.2, -0.15) is 5.10 Å². The van der Waals surface area contributed by atoms with E-state index in [0.29, 0.717) is 5.56 Å². The maximum atomic E-state index is 11.9. The van der Waals surface area contributed by atoms with Gasteiger partial charge in [0.25, 0.3) is 0 Å². The van der Waals surface area contributed by atoms with Crippen molar-refractivity contribution in [2.45, 2.75) is 12.4 Å². The molecule has 0 fully saturated rings. The van der Waals surface area contributed by atoms with Crippen LogP contribution in [0.25, 0.3) is 0 Å². The van der Waals surface area contributed by atoms with Gasteiger partial charge in [-0.05, 0) is 23.3 Å². The van der Waals surface area contributed by atoms with E-state index in [1.54, 1.807) is 30.3 Å². The zero-order valence-corrected chi connectivity index (χ0v) is 10.8. The van der Waals surface area contributed by atoms with Gasteiger partial charge in [-0.3, -0.25) is 4.72 Å². The van der Waals surface area contributed by atoms with Crippen LogP contribution >= 0.6 is 0 Å². The first-order valence-electron chi connectivity index (χ1n) is 5.56. The number of anilines is 1. The summed E-state index contributed by atoms with van der Waals surface area (Å²) < 4.78 is 26.1. The summed E-state index contributed by atoms with van der Waals surface area (Å²) in [5.41, 5.74) is 1.37. The maximum Gasteiger partial charge on any atom is 0.238 e. The van der Waals surface area contributed by atoms with E-state index in [2.05, 4.69) is 14.9 Å². The van der Waals surface area contributed by atoms with Gasteiger partial charge in [-0.15, -0.1) is 5.10 Å². The number of benzene rings is 1. The first-order chi connectivity index (χ1) is 9.09.